The number of carbonyl (C=O) groups excluding carboxylic acids is 1. The molecule has 0 aliphatic heterocycles. The Balaban J connectivity index is 1.83. The molecule has 128 valence electrons. The van der Waals surface area contributed by atoms with E-state index in [2.05, 4.69) is 5.32 Å². The van der Waals surface area contributed by atoms with Crippen molar-refractivity contribution >= 4 is 11.8 Å². The predicted octanol–water partition coefficient (Wildman–Crippen LogP) is 1.73. The molecule has 0 aliphatic carbocycles. The smallest absolute Gasteiger partial charge is 0.407 e. The van der Waals surface area contributed by atoms with E-state index in [1.807, 2.05) is 18.2 Å². The van der Waals surface area contributed by atoms with Gasteiger partial charge in [-0.25, -0.2) is 9.18 Å². The van der Waals surface area contributed by atoms with Crippen LogP contribution < -0.4 is 11.1 Å². The van der Waals surface area contributed by atoms with E-state index in [1.165, 1.54) is 12.1 Å². The van der Waals surface area contributed by atoms with Gasteiger partial charge in [-0.3, -0.25) is 0 Å². The van der Waals surface area contributed by atoms with E-state index in [0.29, 0.717) is 0 Å². The van der Waals surface area contributed by atoms with Crippen molar-refractivity contribution in [3.8, 4) is 0 Å². The lowest BCUT2D eigenvalue weighted by Gasteiger charge is -2.20. The van der Waals surface area contributed by atoms with Crippen molar-refractivity contribution in [2.24, 2.45) is 0 Å². The van der Waals surface area contributed by atoms with Crippen LogP contribution in [0.3, 0.4) is 0 Å². The highest BCUT2D eigenvalue weighted by Gasteiger charge is 2.24. The quantitative estimate of drug-likeness (QED) is 0.602. The van der Waals surface area contributed by atoms with Gasteiger partial charge in [-0.2, -0.15) is 0 Å². The number of aliphatic hydroxyl groups is 2. The molecule has 1 amide bonds. The SMILES string of the molecule is Nc1cccc(F)c1C(O)C(O)CNC(=O)OCc1ccccc1. The fourth-order valence-electron chi connectivity index (χ4n) is 2.13. The number of nitrogens with two attached hydrogens (primary N) is 1. The van der Waals surface area contributed by atoms with Crippen LogP contribution in [0, 0.1) is 5.82 Å². The lowest BCUT2D eigenvalue weighted by Crippen LogP contribution is -2.36. The van der Waals surface area contributed by atoms with Crippen LogP contribution in [0.15, 0.2) is 48.5 Å². The van der Waals surface area contributed by atoms with E-state index in [4.69, 9.17) is 10.5 Å². The van der Waals surface area contributed by atoms with E-state index in [9.17, 15) is 19.4 Å². The minimum atomic E-state index is -1.57. The molecule has 2 aromatic carbocycles. The molecule has 0 saturated carbocycles. The Morgan fingerprint density at radius 1 is 1.17 bits per heavy atom. The molecule has 0 fully saturated rings. The van der Waals surface area contributed by atoms with E-state index < -0.39 is 24.1 Å². The average Bonchev–Trinajstić information content (AvgIpc) is 2.58. The average molecular weight is 334 g/mol. The minimum absolute atomic E-state index is 0.0215. The van der Waals surface area contributed by atoms with Gasteiger partial charge >= 0.3 is 6.09 Å². The molecule has 6 nitrogen and oxygen atoms in total. The highest BCUT2D eigenvalue weighted by molar-refractivity contribution is 5.67. The molecule has 5 N–H and O–H groups in total. The van der Waals surface area contributed by atoms with Crippen molar-refractivity contribution in [2.75, 3.05) is 12.3 Å². The van der Waals surface area contributed by atoms with Crippen molar-refractivity contribution in [3.63, 3.8) is 0 Å². The van der Waals surface area contributed by atoms with Crippen LogP contribution in [-0.4, -0.2) is 29.0 Å². The summed E-state index contributed by atoms with van der Waals surface area (Å²) in [5.41, 5.74) is 6.23. The molecule has 0 saturated heterocycles. The zero-order valence-corrected chi connectivity index (χ0v) is 12.9. The first-order valence-corrected chi connectivity index (χ1v) is 7.33. The number of nitrogens with one attached hydrogen (secondary N) is 1. The second kappa shape index (κ2) is 8.28. The highest BCUT2D eigenvalue weighted by Crippen LogP contribution is 2.25. The van der Waals surface area contributed by atoms with Crippen molar-refractivity contribution in [3.05, 3.63) is 65.5 Å². The van der Waals surface area contributed by atoms with E-state index >= 15 is 0 Å². The second-order valence-corrected chi connectivity index (χ2v) is 5.20. The normalized spacial score (nSPS) is 13.1. The summed E-state index contributed by atoms with van der Waals surface area (Å²) in [6.07, 6.45) is -3.76. The Morgan fingerprint density at radius 3 is 2.54 bits per heavy atom. The third-order valence-electron chi connectivity index (χ3n) is 3.42. The van der Waals surface area contributed by atoms with Crippen LogP contribution >= 0.6 is 0 Å². The predicted molar refractivity (Wildman–Crippen MR) is 86.4 cm³/mol. The Kier molecular flexibility index (Phi) is 6.11. The summed E-state index contributed by atoms with van der Waals surface area (Å²) in [6, 6.07) is 13.0. The maximum atomic E-state index is 13.7. The molecule has 0 aromatic heterocycles. The Morgan fingerprint density at radius 2 is 1.88 bits per heavy atom. The maximum Gasteiger partial charge on any atom is 0.407 e. The largest absolute Gasteiger partial charge is 0.445 e. The van der Waals surface area contributed by atoms with Crippen LogP contribution in [0.25, 0.3) is 0 Å². The number of hydrogen-bond acceptors (Lipinski definition) is 5. The molecule has 0 aliphatic rings. The summed E-state index contributed by atoms with van der Waals surface area (Å²) in [4.78, 5) is 11.6. The highest BCUT2D eigenvalue weighted by atomic mass is 19.1. The number of ether oxygens (including phenoxy) is 1. The third-order valence-corrected chi connectivity index (χ3v) is 3.42. The number of halogens is 1. The molecule has 2 aromatic rings. The molecule has 24 heavy (non-hydrogen) atoms. The first kappa shape index (κ1) is 17.7. The van der Waals surface area contributed by atoms with Crippen molar-refractivity contribution in [1.82, 2.24) is 5.32 Å². The third kappa shape index (κ3) is 4.68. The summed E-state index contributed by atoms with van der Waals surface area (Å²) < 4.78 is 18.7. The fraction of sp³-hybridized carbons (Fsp3) is 0.235. The Bertz CT molecular complexity index is 661. The lowest BCUT2D eigenvalue weighted by molar-refractivity contribution is 0.0168. The molecule has 2 rings (SSSR count). The van der Waals surface area contributed by atoms with E-state index in [1.54, 1.807) is 12.1 Å². The zero-order chi connectivity index (χ0) is 17.5. The molecule has 0 bridgehead atoms. The van der Waals surface area contributed by atoms with Gasteiger partial charge < -0.3 is 26.0 Å². The molecule has 2 unspecified atom stereocenters. The zero-order valence-electron chi connectivity index (χ0n) is 12.9. The summed E-state index contributed by atoms with van der Waals surface area (Å²) in [5.74, 6) is -0.729. The monoisotopic (exact) mass is 334 g/mol. The number of anilines is 1. The van der Waals surface area contributed by atoms with Gasteiger partial charge in [0.05, 0.1) is 0 Å². The van der Waals surface area contributed by atoms with Crippen molar-refractivity contribution in [2.45, 2.75) is 18.8 Å². The van der Waals surface area contributed by atoms with Gasteiger partial charge in [0.25, 0.3) is 0 Å². The number of benzene rings is 2. The van der Waals surface area contributed by atoms with Crippen LogP contribution in [0.1, 0.15) is 17.2 Å². The second-order valence-electron chi connectivity index (χ2n) is 5.20. The molecular formula is C17H19FN2O4. The Labute approximate surface area is 138 Å². The van der Waals surface area contributed by atoms with Gasteiger partial charge in [0.2, 0.25) is 0 Å². The number of alkyl carbamates (subject to hydrolysis) is 1. The maximum absolute atomic E-state index is 13.7. The minimum Gasteiger partial charge on any atom is -0.445 e. The molecule has 2 atom stereocenters. The van der Waals surface area contributed by atoms with Crippen molar-refractivity contribution in [1.29, 1.82) is 0 Å². The van der Waals surface area contributed by atoms with Gasteiger partial charge in [-0.05, 0) is 17.7 Å². The number of hydrogen-bond donors (Lipinski definition) is 4. The van der Waals surface area contributed by atoms with Gasteiger partial charge in [-0.15, -0.1) is 0 Å². The van der Waals surface area contributed by atoms with Crippen molar-refractivity contribution < 1.29 is 24.1 Å². The number of nitrogen functional groups attached to an aromatic ring is 1. The summed E-state index contributed by atoms with van der Waals surface area (Å²) in [5, 5.41) is 22.2. The summed E-state index contributed by atoms with van der Waals surface area (Å²) in [7, 11) is 0. The molecule has 0 spiro atoms. The first-order chi connectivity index (χ1) is 11.5. The molecular weight excluding hydrogens is 315 g/mol. The van der Waals surface area contributed by atoms with E-state index in [0.717, 1.165) is 11.6 Å². The van der Waals surface area contributed by atoms with Gasteiger partial charge in [0.15, 0.2) is 0 Å². The fourth-order valence-corrected chi connectivity index (χ4v) is 2.13. The van der Waals surface area contributed by atoms with E-state index in [-0.39, 0.29) is 24.4 Å². The van der Waals surface area contributed by atoms with Crippen LogP contribution in [0.4, 0.5) is 14.9 Å². The Hall–Kier alpha value is -2.64. The summed E-state index contributed by atoms with van der Waals surface area (Å²) in [6.45, 7) is -0.242. The number of amides is 1. The van der Waals surface area contributed by atoms with Crippen LogP contribution in [-0.2, 0) is 11.3 Å². The summed E-state index contributed by atoms with van der Waals surface area (Å²) >= 11 is 0. The van der Waals surface area contributed by atoms with Gasteiger partial charge in [0.1, 0.15) is 24.6 Å². The van der Waals surface area contributed by atoms with Gasteiger partial charge in [-0.1, -0.05) is 36.4 Å². The number of aliphatic hydroxyl groups excluding tert-OH is 2. The van der Waals surface area contributed by atoms with Crippen LogP contribution in [0.5, 0.6) is 0 Å². The standard InChI is InChI=1S/C17H19FN2O4/c18-12-7-4-8-13(19)15(12)16(22)14(21)9-20-17(23)24-10-11-5-2-1-3-6-11/h1-8,14,16,21-22H,9-10,19H2,(H,20,23). The number of rotatable bonds is 6. The van der Waals surface area contributed by atoms with Gasteiger partial charge in [0, 0.05) is 17.8 Å². The first-order valence-electron chi connectivity index (χ1n) is 7.33. The topological polar surface area (TPSA) is 105 Å². The molecule has 0 heterocycles. The molecule has 0 radical (unpaired) electrons. The molecule has 7 heteroatoms. The van der Waals surface area contributed by atoms with Crippen LogP contribution in [0.2, 0.25) is 0 Å². The number of carbonyl (C=O) groups is 1. The lowest BCUT2D eigenvalue weighted by atomic mass is 10.0.